The molecule has 0 fully saturated rings. The number of aryl methyl sites for hydroxylation is 1. The third kappa shape index (κ3) is 4.54. The van der Waals surface area contributed by atoms with Crippen LogP contribution in [0.25, 0.3) is 16.6 Å². The van der Waals surface area contributed by atoms with E-state index in [1.165, 1.54) is 11.8 Å². The molecule has 2 heterocycles. The second-order valence-electron chi connectivity index (χ2n) is 7.12. The lowest BCUT2D eigenvalue weighted by Gasteiger charge is -2.12. The van der Waals surface area contributed by atoms with Crippen molar-refractivity contribution in [1.82, 2.24) is 19.3 Å². The van der Waals surface area contributed by atoms with Gasteiger partial charge < -0.3 is 5.32 Å². The number of thioether (sulfide) groups is 1. The van der Waals surface area contributed by atoms with Crippen LogP contribution in [0.2, 0.25) is 0 Å². The van der Waals surface area contributed by atoms with Crippen LogP contribution < -0.4 is 10.9 Å². The molecular formula is C23H23N5O2S. The molecule has 0 radical (unpaired) electrons. The normalized spacial score (nSPS) is 11.0. The van der Waals surface area contributed by atoms with Gasteiger partial charge in [0.1, 0.15) is 5.82 Å². The first-order chi connectivity index (χ1) is 15.1. The Labute approximate surface area is 184 Å². The highest BCUT2D eigenvalue weighted by molar-refractivity contribution is 7.99. The molecule has 0 saturated carbocycles. The van der Waals surface area contributed by atoms with Crippen LogP contribution >= 0.6 is 11.8 Å². The first-order valence-electron chi connectivity index (χ1n) is 10.1. The number of carbonyl (C=O) groups is 1. The topological polar surface area (TPSA) is 81.8 Å². The molecule has 31 heavy (non-hydrogen) atoms. The molecule has 2 aromatic carbocycles. The zero-order valence-electron chi connectivity index (χ0n) is 17.4. The largest absolute Gasteiger partial charge is 0.310 e. The molecule has 158 valence electrons. The van der Waals surface area contributed by atoms with Crippen molar-refractivity contribution in [2.45, 2.75) is 32.0 Å². The minimum Gasteiger partial charge on any atom is -0.310 e. The van der Waals surface area contributed by atoms with Gasteiger partial charge in [-0.3, -0.25) is 14.2 Å². The predicted octanol–water partition coefficient (Wildman–Crippen LogP) is 4.03. The van der Waals surface area contributed by atoms with E-state index in [-0.39, 0.29) is 17.2 Å². The molecule has 0 bridgehead atoms. The number of hydrogen-bond donors (Lipinski definition) is 1. The van der Waals surface area contributed by atoms with Gasteiger partial charge in [-0.15, -0.1) is 0 Å². The summed E-state index contributed by atoms with van der Waals surface area (Å²) in [6, 6.07) is 18.8. The number of fused-ring (bicyclic) bond motifs is 1. The number of rotatable bonds is 7. The molecule has 8 heteroatoms. The molecule has 0 saturated heterocycles. The Morgan fingerprint density at radius 3 is 2.61 bits per heavy atom. The van der Waals surface area contributed by atoms with E-state index in [1.54, 1.807) is 15.3 Å². The van der Waals surface area contributed by atoms with Crippen LogP contribution in [0.4, 0.5) is 5.82 Å². The SMILES string of the molecule is CCCn1c(SCC(=O)Nc2cc(C)nn2-c2ccccc2)nc2ccccc2c1=O. The van der Waals surface area contributed by atoms with Crippen LogP contribution in [-0.4, -0.2) is 31.0 Å². The Bertz CT molecular complexity index is 1280. The summed E-state index contributed by atoms with van der Waals surface area (Å²) in [4.78, 5) is 30.2. The molecule has 7 nitrogen and oxygen atoms in total. The third-order valence-corrected chi connectivity index (χ3v) is 5.68. The molecule has 0 aliphatic heterocycles. The Morgan fingerprint density at radius 2 is 1.84 bits per heavy atom. The van der Waals surface area contributed by atoms with Gasteiger partial charge in [0, 0.05) is 12.6 Å². The van der Waals surface area contributed by atoms with Gasteiger partial charge in [0.25, 0.3) is 5.56 Å². The fraction of sp³-hybridized carbons (Fsp3) is 0.217. The molecule has 1 amide bonds. The van der Waals surface area contributed by atoms with Crippen LogP contribution in [0.15, 0.2) is 70.6 Å². The van der Waals surface area contributed by atoms with Gasteiger partial charge in [-0.2, -0.15) is 5.10 Å². The van der Waals surface area contributed by atoms with E-state index in [2.05, 4.69) is 15.4 Å². The van der Waals surface area contributed by atoms with Crippen LogP contribution in [0.3, 0.4) is 0 Å². The number of para-hydroxylation sites is 2. The second kappa shape index (κ2) is 9.18. The van der Waals surface area contributed by atoms with Crippen molar-refractivity contribution in [3.8, 4) is 5.69 Å². The van der Waals surface area contributed by atoms with Crippen molar-refractivity contribution < 1.29 is 4.79 Å². The number of benzene rings is 2. The highest BCUT2D eigenvalue weighted by Gasteiger charge is 2.15. The smallest absolute Gasteiger partial charge is 0.262 e. The third-order valence-electron chi connectivity index (χ3n) is 4.71. The molecule has 2 aromatic heterocycles. The highest BCUT2D eigenvalue weighted by atomic mass is 32.2. The Balaban J connectivity index is 1.54. The van der Waals surface area contributed by atoms with Gasteiger partial charge in [-0.05, 0) is 37.6 Å². The lowest BCUT2D eigenvalue weighted by Crippen LogP contribution is -2.24. The first kappa shape index (κ1) is 20.9. The maximum atomic E-state index is 12.9. The number of aromatic nitrogens is 4. The zero-order valence-corrected chi connectivity index (χ0v) is 18.2. The number of nitrogens with one attached hydrogen (secondary N) is 1. The monoisotopic (exact) mass is 433 g/mol. The van der Waals surface area contributed by atoms with Gasteiger partial charge in [0.15, 0.2) is 5.16 Å². The van der Waals surface area contributed by atoms with Crippen molar-refractivity contribution in [3.05, 3.63) is 76.7 Å². The van der Waals surface area contributed by atoms with Crippen molar-refractivity contribution in [3.63, 3.8) is 0 Å². The van der Waals surface area contributed by atoms with Gasteiger partial charge in [-0.1, -0.05) is 49.0 Å². The quantitative estimate of drug-likeness (QED) is 0.351. The molecule has 4 aromatic rings. The van der Waals surface area contributed by atoms with E-state index >= 15 is 0 Å². The van der Waals surface area contributed by atoms with Crippen molar-refractivity contribution in [1.29, 1.82) is 0 Å². The summed E-state index contributed by atoms with van der Waals surface area (Å²) in [5, 5.41) is 8.54. The number of nitrogens with zero attached hydrogens (tertiary/aromatic N) is 4. The van der Waals surface area contributed by atoms with Crippen LogP contribution in [-0.2, 0) is 11.3 Å². The summed E-state index contributed by atoms with van der Waals surface area (Å²) in [7, 11) is 0. The van der Waals surface area contributed by atoms with E-state index in [0.29, 0.717) is 28.4 Å². The molecular weight excluding hydrogens is 410 g/mol. The zero-order chi connectivity index (χ0) is 21.8. The second-order valence-corrected chi connectivity index (χ2v) is 8.07. The van der Waals surface area contributed by atoms with Crippen molar-refractivity contribution in [2.24, 2.45) is 0 Å². The molecule has 4 rings (SSSR count). The van der Waals surface area contributed by atoms with Crippen LogP contribution in [0.5, 0.6) is 0 Å². The lowest BCUT2D eigenvalue weighted by molar-refractivity contribution is -0.113. The molecule has 1 N–H and O–H groups in total. The minimum absolute atomic E-state index is 0.0758. The van der Waals surface area contributed by atoms with Gasteiger partial charge in [0.2, 0.25) is 5.91 Å². The maximum absolute atomic E-state index is 12.9. The Hall–Kier alpha value is -3.39. The van der Waals surface area contributed by atoms with E-state index < -0.39 is 0 Å². The average Bonchev–Trinajstić information content (AvgIpc) is 3.15. The number of hydrogen-bond acceptors (Lipinski definition) is 5. The van der Waals surface area contributed by atoms with E-state index in [9.17, 15) is 9.59 Å². The van der Waals surface area contributed by atoms with Gasteiger partial charge >= 0.3 is 0 Å². The minimum atomic E-state index is -0.187. The molecule has 0 spiro atoms. The summed E-state index contributed by atoms with van der Waals surface area (Å²) in [6.07, 6.45) is 0.801. The Morgan fingerprint density at radius 1 is 1.10 bits per heavy atom. The highest BCUT2D eigenvalue weighted by Crippen LogP contribution is 2.20. The maximum Gasteiger partial charge on any atom is 0.262 e. The van der Waals surface area contributed by atoms with Crippen molar-refractivity contribution in [2.75, 3.05) is 11.1 Å². The molecule has 0 aliphatic carbocycles. The van der Waals surface area contributed by atoms with E-state index in [1.807, 2.05) is 68.4 Å². The summed E-state index contributed by atoms with van der Waals surface area (Å²) in [5.74, 6) is 0.548. The van der Waals surface area contributed by atoms with Gasteiger partial charge in [-0.25, -0.2) is 9.67 Å². The van der Waals surface area contributed by atoms with Gasteiger partial charge in [0.05, 0.1) is 28.0 Å². The molecule has 0 aliphatic rings. The number of anilines is 1. The summed E-state index contributed by atoms with van der Waals surface area (Å²) in [6.45, 7) is 4.45. The standard InChI is InChI=1S/C23H23N5O2S/c1-3-13-27-22(30)18-11-7-8-12-19(18)24-23(27)31-15-21(29)25-20-14-16(2)26-28(20)17-9-5-4-6-10-17/h4-12,14H,3,13,15H2,1-2H3,(H,25,29). The fourth-order valence-electron chi connectivity index (χ4n) is 3.34. The fourth-order valence-corrected chi connectivity index (χ4v) is 4.17. The number of carbonyl (C=O) groups excluding carboxylic acids is 1. The summed E-state index contributed by atoms with van der Waals surface area (Å²) < 4.78 is 3.36. The number of amides is 1. The van der Waals surface area contributed by atoms with Crippen molar-refractivity contribution >= 4 is 34.4 Å². The molecule has 0 atom stereocenters. The molecule has 0 unspecified atom stereocenters. The van der Waals surface area contributed by atoms with E-state index in [4.69, 9.17) is 0 Å². The van der Waals surface area contributed by atoms with Crippen LogP contribution in [0.1, 0.15) is 19.0 Å². The predicted molar refractivity (Wildman–Crippen MR) is 124 cm³/mol. The lowest BCUT2D eigenvalue weighted by atomic mass is 10.2. The summed E-state index contributed by atoms with van der Waals surface area (Å²) >= 11 is 1.26. The Kier molecular flexibility index (Phi) is 6.18. The van der Waals surface area contributed by atoms with Crippen LogP contribution in [0, 0.1) is 6.92 Å². The summed E-state index contributed by atoms with van der Waals surface area (Å²) in [5.41, 5.74) is 2.24. The van der Waals surface area contributed by atoms with E-state index in [0.717, 1.165) is 17.8 Å². The first-order valence-corrected chi connectivity index (χ1v) is 11.1. The average molecular weight is 434 g/mol.